The molecule has 0 aliphatic carbocycles. The van der Waals surface area contributed by atoms with Crippen LogP contribution in [0.3, 0.4) is 0 Å². The molecule has 0 spiro atoms. The van der Waals surface area contributed by atoms with Crippen molar-refractivity contribution >= 4 is 35.2 Å². The van der Waals surface area contributed by atoms with Crippen LogP contribution in [-0.2, 0) is 9.59 Å². The quantitative estimate of drug-likeness (QED) is 0.808. The van der Waals surface area contributed by atoms with Crippen molar-refractivity contribution in [2.45, 2.75) is 11.7 Å². The molecule has 1 fully saturated rings. The Morgan fingerprint density at radius 1 is 1.12 bits per heavy atom. The molecule has 1 amide bonds. The van der Waals surface area contributed by atoms with Gasteiger partial charge in [-0.3, -0.25) is 9.59 Å². The van der Waals surface area contributed by atoms with Crippen molar-refractivity contribution in [1.29, 1.82) is 0 Å². The molecule has 0 aromatic heterocycles. The minimum absolute atomic E-state index is 0.00588. The van der Waals surface area contributed by atoms with E-state index < -0.39 is 11.9 Å². The Kier molecular flexibility index (Phi) is 6.22. The zero-order valence-electron chi connectivity index (χ0n) is 14.2. The van der Waals surface area contributed by atoms with Crippen LogP contribution < -0.4 is 0 Å². The van der Waals surface area contributed by atoms with Crippen molar-refractivity contribution in [1.82, 2.24) is 4.90 Å². The van der Waals surface area contributed by atoms with Gasteiger partial charge in [-0.15, -0.1) is 11.8 Å². The number of aliphatic carboxylic acids is 1. The summed E-state index contributed by atoms with van der Waals surface area (Å²) in [5.41, 5.74) is 2.21. The maximum Gasteiger partial charge on any atom is 0.308 e. The fraction of sp³-hybridized carbons (Fsp3) is 0.300. The summed E-state index contributed by atoms with van der Waals surface area (Å²) in [5.74, 6) is -0.954. The first-order valence-corrected chi connectivity index (χ1v) is 9.90. The molecule has 26 heavy (non-hydrogen) atoms. The molecule has 1 aliphatic heterocycles. The molecule has 1 saturated heterocycles. The second-order valence-electron chi connectivity index (χ2n) is 6.32. The molecule has 6 heteroatoms. The van der Waals surface area contributed by atoms with Crippen molar-refractivity contribution < 1.29 is 14.7 Å². The molecule has 1 N–H and O–H groups in total. The summed E-state index contributed by atoms with van der Waals surface area (Å²) in [6.45, 7) is 0.832. The fourth-order valence-electron chi connectivity index (χ4n) is 3.08. The number of halogens is 1. The van der Waals surface area contributed by atoms with E-state index in [9.17, 15) is 9.59 Å². The number of carboxylic acids is 1. The second kappa shape index (κ2) is 8.60. The molecule has 2 unspecified atom stereocenters. The van der Waals surface area contributed by atoms with Crippen molar-refractivity contribution in [2.24, 2.45) is 5.92 Å². The van der Waals surface area contributed by atoms with E-state index in [1.165, 1.54) is 0 Å². The van der Waals surface area contributed by atoms with Gasteiger partial charge in [-0.2, -0.15) is 0 Å². The Morgan fingerprint density at radius 2 is 1.77 bits per heavy atom. The van der Waals surface area contributed by atoms with Crippen molar-refractivity contribution in [3.8, 4) is 0 Å². The summed E-state index contributed by atoms with van der Waals surface area (Å²) in [5, 5.41) is 9.80. The highest BCUT2D eigenvalue weighted by Gasteiger charge is 2.31. The molecule has 2 aromatic rings. The van der Waals surface area contributed by atoms with Gasteiger partial charge in [0.2, 0.25) is 5.91 Å². The first-order valence-electron chi connectivity index (χ1n) is 8.47. The smallest absolute Gasteiger partial charge is 0.308 e. The summed E-state index contributed by atoms with van der Waals surface area (Å²) in [6, 6.07) is 17.7. The minimum atomic E-state index is -0.823. The second-order valence-corrected chi connectivity index (χ2v) is 7.85. The van der Waals surface area contributed by atoms with Crippen LogP contribution in [0, 0.1) is 5.92 Å². The summed E-state index contributed by atoms with van der Waals surface area (Å²) in [4.78, 5) is 25.3. The normalized spacial score (nSPS) is 17.9. The summed E-state index contributed by atoms with van der Waals surface area (Å²) in [6.07, 6.45) is 0.533. The molecule has 1 aliphatic rings. The number of carbonyl (C=O) groups excluding carboxylic acids is 1. The first kappa shape index (κ1) is 18.8. The lowest BCUT2D eigenvalue weighted by Gasteiger charge is -2.20. The number of hydrogen-bond acceptors (Lipinski definition) is 3. The molecule has 0 radical (unpaired) electrons. The summed E-state index contributed by atoms with van der Waals surface area (Å²) >= 11 is 7.56. The largest absolute Gasteiger partial charge is 0.481 e. The number of likely N-dealkylation sites (tertiary alicyclic amines) is 1. The van der Waals surface area contributed by atoms with Crippen LogP contribution in [0.15, 0.2) is 54.6 Å². The standard InChI is InChI=1S/C20H20ClNO3S/c21-17-8-6-15(7-9-17)19(14-4-2-1-3-5-14)26-13-18(23)22-11-10-16(12-22)20(24)25/h1-9,16,19H,10-13H2,(H,24,25). The van der Waals surface area contributed by atoms with E-state index in [2.05, 4.69) is 0 Å². The van der Waals surface area contributed by atoms with Crippen LogP contribution in [-0.4, -0.2) is 40.7 Å². The van der Waals surface area contributed by atoms with E-state index in [4.69, 9.17) is 16.7 Å². The molecule has 2 aromatic carbocycles. The van der Waals surface area contributed by atoms with Crippen molar-refractivity contribution in [2.75, 3.05) is 18.8 Å². The van der Waals surface area contributed by atoms with Gasteiger partial charge in [0.25, 0.3) is 0 Å². The van der Waals surface area contributed by atoms with Gasteiger partial charge in [0.1, 0.15) is 0 Å². The number of amides is 1. The lowest BCUT2D eigenvalue weighted by molar-refractivity contribution is -0.141. The van der Waals surface area contributed by atoms with Crippen LogP contribution in [0.2, 0.25) is 5.02 Å². The maximum atomic E-state index is 12.5. The molecule has 1 heterocycles. The molecule has 0 bridgehead atoms. The maximum absolute atomic E-state index is 12.5. The van der Waals surface area contributed by atoms with E-state index >= 15 is 0 Å². The van der Waals surface area contributed by atoms with Gasteiger partial charge in [0.05, 0.1) is 16.9 Å². The van der Waals surface area contributed by atoms with Crippen molar-refractivity contribution in [3.63, 3.8) is 0 Å². The summed E-state index contributed by atoms with van der Waals surface area (Å²) < 4.78 is 0. The third-order valence-electron chi connectivity index (χ3n) is 4.54. The molecule has 3 rings (SSSR count). The van der Waals surface area contributed by atoms with Crippen LogP contribution in [0.25, 0.3) is 0 Å². The van der Waals surface area contributed by atoms with Gasteiger partial charge >= 0.3 is 5.97 Å². The van der Waals surface area contributed by atoms with Crippen molar-refractivity contribution in [3.05, 3.63) is 70.7 Å². The molecule has 4 nitrogen and oxygen atoms in total. The zero-order chi connectivity index (χ0) is 18.5. The molecule has 136 valence electrons. The molecular weight excluding hydrogens is 370 g/mol. The predicted octanol–water partition coefficient (Wildman–Crippen LogP) is 4.10. The topological polar surface area (TPSA) is 57.6 Å². The lowest BCUT2D eigenvalue weighted by Crippen LogP contribution is -2.31. The van der Waals surface area contributed by atoms with E-state index in [0.717, 1.165) is 11.1 Å². The van der Waals surface area contributed by atoms with E-state index in [-0.39, 0.29) is 11.2 Å². The monoisotopic (exact) mass is 389 g/mol. The van der Waals surface area contributed by atoms with Gasteiger partial charge in [0, 0.05) is 18.1 Å². The fourth-order valence-corrected chi connectivity index (χ4v) is 4.40. The first-order chi connectivity index (χ1) is 12.5. The average molecular weight is 390 g/mol. The van der Waals surface area contributed by atoms with E-state index in [0.29, 0.717) is 30.3 Å². The third-order valence-corrected chi connectivity index (χ3v) is 6.08. The van der Waals surface area contributed by atoms with Gasteiger partial charge in [0.15, 0.2) is 0 Å². The van der Waals surface area contributed by atoms with E-state index in [1.54, 1.807) is 16.7 Å². The number of thioether (sulfide) groups is 1. The lowest BCUT2D eigenvalue weighted by atomic mass is 10.0. The number of nitrogens with zero attached hydrogens (tertiary/aromatic N) is 1. The minimum Gasteiger partial charge on any atom is -0.481 e. The van der Waals surface area contributed by atoms with Crippen LogP contribution in [0.5, 0.6) is 0 Å². The SMILES string of the molecule is O=C(O)C1CCN(C(=O)CSC(c2ccccc2)c2ccc(Cl)cc2)C1. The Hall–Kier alpha value is -1.98. The Balaban J connectivity index is 1.69. The number of carbonyl (C=O) groups is 2. The van der Waals surface area contributed by atoms with E-state index in [1.807, 2.05) is 54.6 Å². The van der Waals surface area contributed by atoms with Crippen LogP contribution >= 0.6 is 23.4 Å². The third kappa shape index (κ3) is 4.59. The number of rotatable bonds is 6. The molecule has 0 saturated carbocycles. The van der Waals surface area contributed by atoms with Crippen LogP contribution in [0.1, 0.15) is 22.8 Å². The van der Waals surface area contributed by atoms with Gasteiger partial charge in [-0.05, 0) is 29.7 Å². The molecular formula is C20H20ClNO3S. The average Bonchev–Trinajstić information content (AvgIpc) is 3.15. The van der Waals surface area contributed by atoms with Gasteiger partial charge < -0.3 is 10.0 Å². The Morgan fingerprint density at radius 3 is 2.38 bits per heavy atom. The number of benzene rings is 2. The number of hydrogen-bond donors (Lipinski definition) is 1. The molecule has 2 atom stereocenters. The summed E-state index contributed by atoms with van der Waals surface area (Å²) in [7, 11) is 0. The Labute approximate surface area is 162 Å². The van der Waals surface area contributed by atoms with Gasteiger partial charge in [-0.25, -0.2) is 0 Å². The highest BCUT2D eigenvalue weighted by molar-refractivity contribution is 8.00. The highest BCUT2D eigenvalue weighted by atomic mass is 35.5. The Bertz CT molecular complexity index is 766. The van der Waals surface area contributed by atoms with Gasteiger partial charge in [-0.1, -0.05) is 54.1 Å². The number of carboxylic acid groups (broad SMARTS) is 1. The zero-order valence-corrected chi connectivity index (χ0v) is 15.7. The predicted molar refractivity (Wildman–Crippen MR) is 105 cm³/mol. The highest BCUT2D eigenvalue weighted by Crippen LogP contribution is 2.36. The van der Waals surface area contributed by atoms with Crippen LogP contribution in [0.4, 0.5) is 0 Å².